The van der Waals surface area contributed by atoms with Crippen molar-refractivity contribution in [1.29, 1.82) is 0 Å². The van der Waals surface area contributed by atoms with Gasteiger partial charge in [0.2, 0.25) is 0 Å². The van der Waals surface area contributed by atoms with Crippen molar-refractivity contribution in [2.75, 3.05) is 18.5 Å². The van der Waals surface area contributed by atoms with Crippen LogP contribution >= 0.6 is 12.2 Å². The normalized spacial score (nSPS) is 10.9. The summed E-state index contributed by atoms with van der Waals surface area (Å²) in [5.74, 6) is 1.41. The Bertz CT molecular complexity index is 607. The lowest BCUT2D eigenvalue weighted by molar-refractivity contribution is 0.635. The van der Waals surface area contributed by atoms with Gasteiger partial charge in [0.05, 0.1) is 11.1 Å². The second-order valence-corrected chi connectivity index (χ2v) is 5.63. The molecule has 3 nitrogen and oxygen atoms in total. The fourth-order valence-corrected chi connectivity index (χ4v) is 2.36. The van der Waals surface area contributed by atoms with Gasteiger partial charge in [0.1, 0.15) is 10.8 Å². The number of thiocarbonyl (C=S) groups is 1. The van der Waals surface area contributed by atoms with Crippen LogP contribution < -0.4 is 10.6 Å². The molecule has 0 bridgehead atoms. The molecule has 0 spiro atoms. The Balaban J connectivity index is 2.56. The van der Waals surface area contributed by atoms with Gasteiger partial charge < -0.3 is 10.6 Å². The third-order valence-electron chi connectivity index (χ3n) is 2.97. The lowest BCUT2D eigenvalue weighted by atomic mass is 10.1. The highest BCUT2D eigenvalue weighted by atomic mass is 32.1. The van der Waals surface area contributed by atoms with E-state index in [2.05, 4.69) is 18.7 Å². The van der Waals surface area contributed by atoms with Crippen LogP contribution in [0, 0.1) is 5.92 Å². The fraction of sp³-hybridized carbons (Fsp3) is 0.333. The van der Waals surface area contributed by atoms with E-state index in [1.54, 1.807) is 0 Å². The Morgan fingerprint density at radius 3 is 2.68 bits per heavy atom. The van der Waals surface area contributed by atoms with Gasteiger partial charge in [-0.15, -0.1) is 0 Å². The van der Waals surface area contributed by atoms with Gasteiger partial charge in [-0.2, -0.15) is 0 Å². The summed E-state index contributed by atoms with van der Waals surface area (Å²) in [5.41, 5.74) is 7.65. The average molecular weight is 273 g/mol. The molecular formula is C15H19N3S. The minimum absolute atomic E-state index is 0.392. The highest BCUT2D eigenvalue weighted by molar-refractivity contribution is 7.80. The van der Waals surface area contributed by atoms with E-state index in [1.165, 1.54) is 0 Å². The number of nitrogens with zero attached hydrogens (tertiary/aromatic N) is 2. The van der Waals surface area contributed by atoms with E-state index < -0.39 is 0 Å². The van der Waals surface area contributed by atoms with Crippen molar-refractivity contribution >= 4 is 33.9 Å². The predicted octanol–water partition coefficient (Wildman–Crippen LogP) is 2.96. The van der Waals surface area contributed by atoms with E-state index >= 15 is 0 Å². The Morgan fingerprint density at radius 1 is 1.37 bits per heavy atom. The van der Waals surface area contributed by atoms with Crippen molar-refractivity contribution in [1.82, 2.24) is 4.98 Å². The van der Waals surface area contributed by atoms with Gasteiger partial charge in [0.25, 0.3) is 0 Å². The zero-order valence-corrected chi connectivity index (χ0v) is 12.4. The van der Waals surface area contributed by atoms with E-state index in [-0.39, 0.29) is 0 Å². The highest BCUT2D eigenvalue weighted by Gasteiger charge is 2.14. The van der Waals surface area contributed by atoms with Gasteiger partial charge in [0.15, 0.2) is 0 Å². The van der Waals surface area contributed by atoms with E-state index in [4.69, 9.17) is 22.9 Å². The van der Waals surface area contributed by atoms with Crippen molar-refractivity contribution in [3.63, 3.8) is 0 Å². The molecule has 1 aromatic heterocycles. The Morgan fingerprint density at radius 2 is 2.05 bits per heavy atom. The van der Waals surface area contributed by atoms with E-state index in [1.807, 2.05) is 37.4 Å². The first kappa shape index (κ1) is 13.7. The van der Waals surface area contributed by atoms with Gasteiger partial charge in [-0.1, -0.05) is 44.3 Å². The van der Waals surface area contributed by atoms with Crippen LogP contribution in [-0.2, 0) is 0 Å². The van der Waals surface area contributed by atoms with Gasteiger partial charge in [-0.25, -0.2) is 4.98 Å². The number of pyridine rings is 1. The number of para-hydroxylation sites is 1. The molecule has 2 N–H and O–H groups in total. The lowest BCUT2D eigenvalue weighted by Crippen LogP contribution is -2.26. The summed E-state index contributed by atoms with van der Waals surface area (Å²) < 4.78 is 0. The molecule has 0 aliphatic rings. The SMILES string of the molecule is CC(C)CN(C)c1nc2ccccc2cc1C(N)=S. The van der Waals surface area contributed by atoms with Crippen LogP contribution in [0.15, 0.2) is 30.3 Å². The first-order valence-corrected chi connectivity index (χ1v) is 6.80. The van der Waals surface area contributed by atoms with Gasteiger partial charge in [-0.05, 0) is 18.1 Å². The molecule has 100 valence electrons. The number of hydrogen-bond donors (Lipinski definition) is 1. The number of anilines is 1. The number of rotatable bonds is 4. The molecule has 0 unspecified atom stereocenters. The molecule has 19 heavy (non-hydrogen) atoms. The maximum Gasteiger partial charge on any atom is 0.139 e. The molecule has 2 aromatic rings. The molecule has 0 atom stereocenters. The molecule has 0 amide bonds. The molecular weight excluding hydrogens is 254 g/mol. The Labute approximate surface area is 119 Å². The molecule has 0 aliphatic carbocycles. The molecule has 4 heteroatoms. The highest BCUT2D eigenvalue weighted by Crippen LogP contribution is 2.23. The summed E-state index contributed by atoms with van der Waals surface area (Å²) >= 11 is 5.16. The Kier molecular flexibility index (Phi) is 4.00. The monoisotopic (exact) mass is 273 g/mol. The smallest absolute Gasteiger partial charge is 0.139 e. The topological polar surface area (TPSA) is 42.2 Å². The predicted molar refractivity (Wildman–Crippen MR) is 85.7 cm³/mol. The van der Waals surface area contributed by atoms with Crippen molar-refractivity contribution in [3.05, 3.63) is 35.9 Å². The quantitative estimate of drug-likeness (QED) is 0.870. The minimum Gasteiger partial charge on any atom is -0.389 e. The van der Waals surface area contributed by atoms with E-state index in [9.17, 15) is 0 Å². The number of aromatic nitrogens is 1. The van der Waals surface area contributed by atoms with Crippen LogP contribution in [0.5, 0.6) is 0 Å². The van der Waals surface area contributed by atoms with Crippen LogP contribution in [0.4, 0.5) is 5.82 Å². The number of benzene rings is 1. The van der Waals surface area contributed by atoms with E-state index in [0.29, 0.717) is 10.9 Å². The van der Waals surface area contributed by atoms with Crippen LogP contribution in [0.25, 0.3) is 10.9 Å². The third-order valence-corrected chi connectivity index (χ3v) is 3.19. The average Bonchev–Trinajstić information content (AvgIpc) is 2.36. The summed E-state index contributed by atoms with van der Waals surface area (Å²) in [4.78, 5) is 7.22. The molecule has 0 saturated carbocycles. The first-order valence-electron chi connectivity index (χ1n) is 6.39. The second-order valence-electron chi connectivity index (χ2n) is 5.19. The summed E-state index contributed by atoms with van der Waals surface area (Å²) in [5, 5.41) is 1.06. The van der Waals surface area contributed by atoms with Crippen LogP contribution in [0.2, 0.25) is 0 Å². The number of fused-ring (bicyclic) bond motifs is 1. The molecule has 0 fully saturated rings. The summed E-state index contributed by atoms with van der Waals surface area (Å²) in [6, 6.07) is 10.0. The lowest BCUT2D eigenvalue weighted by Gasteiger charge is -2.23. The summed E-state index contributed by atoms with van der Waals surface area (Å²) in [6.07, 6.45) is 0. The maximum absolute atomic E-state index is 5.84. The summed E-state index contributed by atoms with van der Waals surface area (Å²) in [7, 11) is 2.03. The molecule has 0 saturated heterocycles. The van der Waals surface area contributed by atoms with E-state index in [0.717, 1.165) is 28.8 Å². The fourth-order valence-electron chi connectivity index (χ4n) is 2.21. The van der Waals surface area contributed by atoms with Gasteiger partial charge >= 0.3 is 0 Å². The van der Waals surface area contributed by atoms with Crippen molar-refractivity contribution in [2.24, 2.45) is 11.7 Å². The standard InChI is InChI=1S/C15H19N3S/c1-10(2)9-18(3)15-12(14(16)19)8-11-6-4-5-7-13(11)17-15/h4-8,10H,9H2,1-3H3,(H2,16,19). The molecule has 2 rings (SSSR count). The van der Waals surface area contributed by atoms with Crippen molar-refractivity contribution < 1.29 is 0 Å². The molecule has 0 aliphatic heterocycles. The molecule has 0 radical (unpaired) electrons. The molecule has 1 aromatic carbocycles. The minimum atomic E-state index is 0.392. The first-order chi connectivity index (χ1) is 8.99. The Hall–Kier alpha value is -1.68. The zero-order chi connectivity index (χ0) is 14.0. The van der Waals surface area contributed by atoms with Gasteiger partial charge in [0, 0.05) is 19.0 Å². The van der Waals surface area contributed by atoms with Crippen molar-refractivity contribution in [3.8, 4) is 0 Å². The number of nitrogens with two attached hydrogens (primary N) is 1. The largest absolute Gasteiger partial charge is 0.389 e. The zero-order valence-electron chi connectivity index (χ0n) is 11.6. The van der Waals surface area contributed by atoms with Crippen LogP contribution in [0.3, 0.4) is 0 Å². The summed E-state index contributed by atoms with van der Waals surface area (Å²) in [6.45, 7) is 5.27. The van der Waals surface area contributed by atoms with Gasteiger partial charge in [-0.3, -0.25) is 0 Å². The third kappa shape index (κ3) is 3.01. The number of hydrogen-bond acceptors (Lipinski definition) is 3. The molecule has 1 heterocycles. The van der Waals surface area contributed by atoms with Crippen molar-refractivity contribution in [2.45, 2.75) is 13.8 Å². The second kappa shape index (κ2) is 5.53. The van der Waals surface area contributed by atoms with Crippen LogP contribution in [-0.4, -0.2) is 23.6 Å². The maximum atomic E-state index is 5.84. The van der Waals surface area contributed by atoms with Crippen LogP contribution in [0.1, 0.15) is 19.4 Å².